The Hall–Kier alpha value is -4.39. The molecule has 12 nitrogen and oxygen atoms in total. The predicted octanol–water partition coefficient (Wildman–Crippen LogP) is 7.39. The Kier molecular flexibility index (Phi) is 10.9. The van der Waals surface area contributed by atoms with Crippen LogP contribution in [-0.4, -0.2) is 68.7 Å². The number of aryl methyl sites for hydroxylation is 2. The molecule has 6 rings (SSSR count). The third-order valence-electron chi connectivity index (χ3n) is 12.1. The van der Waals surface area contributed by atoms with Gasteiger partial charge in [0.1, 0.15) is 17.1 Å². The van der Waals surface area contributed by atoms with Crippen molar-refractivity contribution in [2.75, 3.05) is 20.8 Å². The minimum Gasteiger partial charge on any atom is -0.469 e. The molecule has 6 atom stereocenters. The molecule has 0 spiro atoms. The first-order chi connectivity index (χ1) is 25.6. The van der Waals surface area contributed by atoms with E-state index in [1.807, 2.05) is 26.8 Å². The number of nitrogens with zero attached hydrogens (tertiary/aromatic N) is 2. The van der Waals surface area contributed by atoms with E-state index in [2.05, 4.69) is 16.9 Å². The van der Waals surface area contributed by atoms with Crippen LogP contribution in [0, 0.1) is 13.8 Å². The molecule has 0 aromatic carbocycles. The highest BCUT2D eigenvalue weighted by molar-refractivity contribution is 6.23. The van der Waals surface area contributed by atoms with Crippen LogP contribution in [0.5, 0.6) is 0 Å². The maximum atomic E-state index is 14.2. The van der Waals surface area contributed by atoms with Crippen LogP contribution in [0.15, 0.2) is 18.2 Å². The summed E-state index contributed by atoms with van der Waals surface area (Å²) in [6.45, 7) is 13.9. The molecule has 5 heterocycles. The molecule has 3 aromatic heterocycles. The molecule has 3 unspecified atom stereocenters. The summed E-state index contributed by atoms with van der Waals surface area (Å²) >= 11 is 0. The second-order valence-corrected chi connectivity index (χ2v) is 15.2. The van der Waals surface area contributed by atoms with Crippen molar-refractivity contribution in [2.45, 2.75) is 128 Å². The average Bonchev–Trinajstić information content (AvgIpc) is 3.86. The van der Waals surface area contributed by atoms with Crippen molar-refractivity contribution in [1.29, 1.82) is 0 Å². The molecular weight excluding hydrogens is 688 g/mol. The van der Waals surface area contributed by atoms with Crippen molar-refractivity contribution in [3.05, 3.63) is 68.8 Å². The Bertz CT molecular complexity index is 2150. The number of esters is 2. The number of Topliss-reactive ketones (excluding diaryl/α,β-unsaturated/α-hetero) is 1. The molecule has 0 amide bonds. The van der Waals surface area contributed by atoms with E-state index in [0.717, 1.165) is 42.3 Å². The molecule has 0 saturated carbocycles. The van der Waals surface area contributed by atoms with Crippen LogP contribution >= 0.6 is 0 Å². The van der Waals surface area contributed by atoms with E-state index in [-0.39, 0.29) is 48.1 Å². The molecule has 8 bridgehead atoms. The van der Waals surface area contributed by atoms with Crippen LogP contribution in [0.1, 0.15) is 159 Å². The summed E-state index contributed by atoms with van der Waals surface area (Å²) in [5, 5.41) is 24.3. The fourth-order valence-electron chi connectivity index (χ4n) is 8.63. The summed E-state index contributed by atoms with van der Waals surface area (Å²) in [6.07, 6.45) is 4.60. The molecule has 3 aliphatic rings. The molecule has 54 heavy (non-hydrogen) atoms. The molecule has 0 saturated heterocycles. The molecule has 1 aliphatic carbocycles. The summed E-state index contributed by atoms with van der Waals surface area (Å²) in [6, 6.07) is 5.43. The van der Waals surface area contributed by atoms with Crippen molar-refractivity contribution < 1.29 is 38.8 Å². The van der Waals surface area contributed by atoms with Crippen molar-refractivity contribution in [1.82, 2.24) is 19.9 Å². The largest absolute Gasteiger partial charge is 0.469 e. The lowest BCUT2D eigenvalue weighted by atomic mass is 9.80. The maximum absolute atomic E-state index is 14.2. The monoisotopic (exact) mass is 742 g/mol. The number of aromatic nitrogens is 4. The highest BCUT2D eigenvalue weighted by Crippen LogP contribution is 2.50. The highest BCUT2D eigenvalue weighted by Gasteiger charge is 2.53. The van der Waals surface area contributed by atoms with Crippen molar-refractivity contribution >= 4 is 39.8 Å². The topological polar surface area (TPSA) is 177 Å². The van der Waals surface area contributed by atoms with Gasteiger partial charge in [-0.05, 0) is 76.3 Å². The number of carbonyl (C=O) groups is 3. The van der Waals surface area contributed by atoms with E-state index in [4.69, 9.17) is 24.2 Å². The van der Waals surface area contributed by atoms with Gasteiger partial charge in [-0.25, -0.2) is 0 Å². The van der Waals surface area contributed by atoms with E-state index in [0.29, 0.717) is 57.7 Å². The van der Waals surface area contributed by atoms with E-state index in [9.17, 15) is 24.6 Å². The first kappa shape index (κ1) is 39.3. The van der Waals surface area contributed by atoms with Crippen LogP contribution in [0.25, 0.3) is 22.1 Å². The number of nitrogens with one attached hydrogen (secondary N) is 2. The SMILES string of the molecule is CCCCCCOC(C)c1c(C)c2cc3nc(c4c5[nH]c(cc6nc(cc1[nH]2)C(C)(O)C6(O)CC)c(C)c5C(=O)[C@@H]4C(=O)OC)[C@@H](CCC(=O)OC)[C@@H]3C. The van der Waals surface area contributed by atoms with Crippen LogP contribution in [-0.2, 0) is 35.0 Å². The number of methoxy groups -OCH3 is 2. The molecule has 2 aliphatic heterocycles. The number of fused-ring (bicyclic) bond motifs is 8. The quantitative estimate of drug-likeness (QED) is 0.0832. The lowest BCUT2D eigenvalue weighted by Gasteiger charge is -2.34. The lowest BCUT2D eigenvalue weighted by Crippen LogP contribution is -2.43. The van der Waals surface area contributed by atoms with Gasteiger partial charge in [0.05, 0.1) is 42.9 Å². The smallest absolute Gasteiger partial charge is 0.321 e. The molecular formula is C42H54N4O8. The van der Waals surface area contributed by atoms with Crippen LogP contribution in [0.2, 0.25) is 0 Å². The van der Waals surface area contributed by atoms with E-state index in [1.165, 1.54) is 14.2 Å². The summed E-state index contributed by atoms with van der Waals surface area (Å²) in [5.74, 6) is -3.32. The Morgan fingerprint density at radius 1 is 0.944 bits per heavy atom. The molecule has 0 radical (unpaired) electrons. The van der Waals surface area contributed by atoms with Crippen LogP contribution in [0.4, 0.5) is 0 Å². The van der Waals surface area contributed by atoms with Crippen molar-refractivity contribution in [3.8, 4) is 0 Å². The zero-order valence-corrected chi connectivity index (χ0v) is 32.9. The first-order valence-electron chi connectivity index (χ1n) is 19.2. The first-order valence-corrected chi connectivity index (χ1v) is 19.2. The van der Waals surface area contributed by atoms with E-state index >= 15 is 0 Å². The second kappa shape index (κ2) is 15.0. The minimum absolute atomic E-state index is 0.115. The minimum atomic E-state index is -1.78. The third kappa shape index (κ3) is 6.35. The summed E-state index contributed by atoms with van der Waals surface area (Å²) in [7, 11) is 2.60. The maximum Gasteiger partial charge on any atom is 0.321 e. The standard InChI is InChI=1S/C42H54N4O8/c1-10-12-13-14-17-54-24(6)33-22(4)27-18-26-21(3)25(15-16-32(47)52-8)37(44-26)35-36(40(49)53-9)39(48)34-23(5)28(45-38(34)35)19-31-42(51,11-2)41(7,50)30(46-31)20-29(33)43-27/h18-21,24-25,36,43,45,50-51H,10-17H2,1-9H3/t21-,24?,25-,36+,41?,42?/m0/s1. The van der Waals surface area contributed by atoms with Gasteiger partial charge in [0, 0.05) is 63.8 Å². The van der Waals surface area contributed by atoms with Gasteiger partial charge < -0.3 is 34.4 Å². The fraction of sp³-hybridized carbons (Fsp3) is 0.548. The van der Waals surface area contributed by atoms with Crippen LogP contribution < -0.4 is 0 Å². The van der Waals surface area contributed by atoms with Crippen LogP contribution in [0.3, 0.4) is 0 Å². The van der Waals surface area contributed by atoms with Gasteiger partial charge >= 0.3 is 11.9 Å². The Morgan fingerprint density at radius 3 is 2.31 bits per heavy atom. The number of ether oxygens (including phenoxy) is 3. The summed E-state index contributed by atoms with van der Waals surface area (Å²) < 4.78 is 16.6. The number of H-pyrrole nitrogens is 2. The molecule has 4 N–H and O–H groups in total. The number of hydrogen-bond acceptors (Lipinski definition) is 10. The molecule has 12 heteroatoms. The molecule has 3 aromatic rings. The Labute approximate surface area is 316 Å². The molecule has 290 valence electrons. The number of ketones is 1. The number of rotatable bonds is 12. The third-order valence-corrected chi connectivity index (χ3v) is 12.1. The van der Waals surface area contributed by atoms with Gasteiger partial charge in [0.15, 0.2) is 5.78 Å². The summed E-state index contributed by atoms with van der Waals surface area (Å²) in [4.78, 5) is 57.2. The zero-order chi connectivity index (χ0) is 39.3. The van der Waals surface area contributed by atoms with Gasteiger partial charge in [-0.1, -0.05) is 40.0 Å². The van der Waals surface area contributed by atoms with Crippen molar-refractivity contribution in [2.24, 2.45) is 0 Å². The normalized spacial score (nSPS) is 23.8. The van der Waals surface area contributed by atoms with Gasteiger partial charge in [0.25, 0.3) is 0 Å². The van der Waals surface area contributed by atoms with Gasteiger partial charge in [0.2, 0.25) is 0 Å². The number of carbonyl (C=O) groups excluding carboxylic acids is 3. The average molecular weight is 743 g/mol. The van der Waals surface area contributed by atoms with E-state index in [1.54, 1.807) is 32.9 Å². The Morgan fingerprint density at radius 2 is 1.65 bits per heavy atom. The van der Waals surface area contributed by atoms with E-state index < -0.39 is 28.9 Å². The fourth-order valence-corrected chi connectivity index (χ4v) is 8.63. The lowest BCUT2D eigenvalue weighted by molar-refractivity contribution is -0.148. The number of aromatic amines is 2. The zero-order valence-electron chi connectivity index (χ0n) is 32.9. The van der Waals surface area contributed by atoms with Gasteiger partial charge in [-0.3, -0.25) is 24.4 Å². The Balaban J connectivity index is 1.73. The number of aliphatic hydroxyl groups is 2. The van der Waals surface area contributed by atoms with Gasteiger partial charge in [-0.2, -0.15) is 0 Å². The summed E-state index contributed by atoms with van der Waals surface area (Å²) in [5.41, 5.74) is 3.68. The second-order valence-electron chi connectivity index (χ2n) is 15.2. The van der Waals surface area contributed by atoms with Gasteiger partial charge in [-0.15, -0.1) is 0 Å². The van der Waals surface area contributed by atoms with Crippen molar-refractivity contribution in [3.63, 3.8) is 0 Å². The number of unbranched alkanes of at least 4 members (excludes halogenated alkanes) is 3. The highest BCUT2D eigenvalue weighted by atomic mass is 16.5. The number of hydrogen-bond donors (Lipinski definition) is 4. The molecule has 0 fully saturated rings. The predicted molar refractivity (Wildman–Crippen MR) is 204 cm³/mol.